The fourth-order valence-electron chi connectivity index (χ4n) is 1.22. The molecule has 0 heterocycles. The van der Waals surface area contributed by atoms with Crippen molar-refractivity contribution in [1.82, 2.24) is 0 Å². The third-order valence-corrected chi connectivity index (χ3v) is 2.47. The van der Waals surface area contributed by atoms with Gasteiger partial charge in [-0.15, -0.1) is 0 Å². The molecule has 0 unspecified atom stereocenters. The average Bonchev–Trinajstić information content (AvgIpc) is 2.45. The molecule has 0 bridgehead atoms. The SMILES string of the molecule is CC(C)(F)C1(CON)CC1. The van der Waals surface area contributed by atoms with Crippen LogP contribution in [0.5, 0.6) is 0 Å². The molecular weight excluding hydrogens is 133 g/mol. The first kappa shape index (κ1) is 7.95. The smallest absolute Gasteiger partial charge is 0.113 e. The molecule has 3 heteroatoms. The van der Waals surface area contributed by atoms with Gasteiger partial charge in [-0.3, -0.25) is 0 Å². The maximum atomic E-state index is 13.3. The van der Waals surface area contributed by atoms with Crippen molar-refractivity contribution < 1.29 is 9.23 Å². The minimum absolute atomic E-state index is 0.276. The average molecular weight is 147 g/mol. The van der Waals surface area contributed by atoms with Crippen molar-refractivity contribution in [2.75, 3.05) is 6.61 Å². The first-order chi connectivity index (χ1) is 4.52. The number of hydrogen-bond acceptors (Lipinski definition) is 2. The highest BCUT2D eigenvalue weighted by atomic mass is 19.1. The van der Waals surface area contributed by atoms with Crippen LogP contribution in [0.15, 0.2) is 0 Å². The summed E-state index contributed by atoms with van der Waals surface area (Å²) in [5.41, 5.74) is -1.42. The minimum Gasteiger partial charge on any atom is -0.304 e. The van der Waals surface area contributed by atoms with E-state index in [0.717, 1.165) is 12.8 Å². The van der Waals surface area contributed by atoms with Crippen molar-refractivity contribution in [2.45, 2.75) is 32.4 Å². The summed E-state index contributed by atoms with van der Waals surface area (Å²) in [6.45, 7) is 3.51. The standard InChI is InChI=1S/C7H14FNO/c1-6(2,8)7(3-4-7)5-10-9/h3-5,9H2,1-2H3. The van der Waals surface area contributed by atoms with Gasteiger partial charge in [0, 0.05) is 5.41 Å². The van der Waals surface area contributed by atoms with Gasteiger partial charge in [-0.25, -0.2) is 10.3 Å². The van der Waals surface area contributed by atoms with Gasteiger partial charge >= 0.3 is 0 Å². The van der Waals surface area contributed by atoms with Crippen LogP contribution >= 0.6 is 0 Å². The highest BCUT2D eigenvalue weighted by molar-refractivity contribution is 5.04. The normalized spacial score (nSPS) is 22.8. The van der Waals surface area contributed by atoms with Gasteiger partial charge in [-0.2, -0.15) is 0 Å². The molecule has 1 aliphatic rings. The first-order valence-electron chi connectivity index (χ1n) is 3.52. The molecule has 1 aliphatic carbocycles. The molecule has 0 aromatic heterocycles. The Hall–Kier alpha value is -0.150. The van der Waals surface area contributed by atoms with E-state index in [9.17, 15) is 4.39 Å². The molecule has 0 aromatic rings. The lowest BCUT2D eigenvalue weighted by molar-refractivity contribution is 0.0103. The topological polar surface area (TPSA) is 35.2 Å². The van der Waals surface area contributed by atoms with E-state index in [-0.39, 0.29) is 5.41 Å². The van der Waals surface area contributed by atoms with Gasteiger partial charge in [-0.1, -0.05) is 0 Å². The molecule has 2 N–H and O–H groups in total. The Balaban J connectivity index is 2.52. The van der Waals surface area contributed by atoms with E-state index in [1.165, 1.54) is 0 Å². The van der Waals surface area contributed by atoms with Crippen molar-refractivity contribution >= 4 is 0 Å². The van der Waals surface area contributed by atoms with Gasteiger partial charge in [0.05, 0.1) is 6.61 Å². The van der Waals surface area contributed by atoms with Crippen LogP contribution in [0.25, 0.3) is 0 Å². The molecule has 0 amide bonds. The predicted molar refractivity (Wildman–Crippen MR) is 37.0 cm³/mol. The van der Waals surface area contributed by atoms with Gasteiger partial charge in [-0.05, 0) is 26.7 Å². The summed E-state index contributed by atoms with van der Waals surface area (Å²) in [6.07, 6.45) is 1.79. The first-order valence-corrected chi connectivity index (χ1v) is 3.52. The van der Waals surface area contributed by atoms with E-state index in [1.807, 2.05) is 0 Å². The fraction of sp³-hybridized carbons (Fsp3) is 1.00. The largest absolute Gasteiger partial charge is 0.304 e. The molecule has 0 aromatic carbocycles. The number of halogens is 1. The van der Waals surface area contributed by atoms with Crippen molar-refractivity contribution in [1.29, 1.82) is 0 Å². The second kappa shape index (κ2) is 2.17. The second-order valence-electron chi connectivity index (χ2n) is 3.56. The number of hydrogen-bond donors (Lipinski definition) is 1. The van der Waals surface area contributed by atoms with E-state index in [1.54, 1.807) is 13.8 Å². The van der Waals surface area contributed by atoms with E-state index >= 15 is 0 Å². The van der Waals surface area contributed by atoms with Crippen LogP contribution in [0.3, 0.4) is 0 Å². The summed E-state index contributed by atoms with van der Waals surface area (Å²) >= 11 is 0. The number of alkyl halides is 1. The van der Waals surface area contributed by atoms with Crippen molar-refractivity contribution in [2.24, 2.45) is 11.3 Å². The van der Waals surface area contributed by atoms with E-state index < -0.39 is 5.67 Å². The number of rotatable bonds is 3. The van der Waals surface area contributed by atoms with Crippen LogP contribution in [-0.4, -0.2) is 12.3 Å². The zero-order valence-electron chi connectivity index (χ0n) is 6.48. The van der Waals surface area contributed by atoms with Gasteiger partial charge in [0.25, 0.3) is 0 Å². The Labute approximate surface area is 60.5 Å². The lowest BCUT2D eigenvalue weighted by Gasteiger charge is -2.25. The summed E-state index contributed by atoms with van der Waals surface area (Å²) < 4.78 is 13.3. The molecule has 0 radical (unpaired) electrons. The molecule has 10 heavy (non-hydrogen) atoms. The van der Waals surface area contributed by atoms with Crippen LogP contribution in [0, 0.1) is 5.41 Å². The van der Waals surface area contributed by atoms with E-state index in [4.69, 9.17) is 5.90 Å². The van der Waals surface area contributed by atoms with Crippen LogP contribution < -0.4 is 5.90 Å². The predicted octanol–water partition coefficient (Wildman–Crippen LogP) is 1.41. The number of nitrogens with two attached hydrogens (primary N) is 1. The second-order valence-corrected chi connectivity index (χ2v) is 3.56. The highest BCUT2D eigenvalue weighted by Gasteiger charge is 2.55. The Morgan fingerprint density at radius 3 is 2.20 bits per heavy atom. The van der Waals surface area contributed by atoms with Crippen LogP contribution in [0.2, 0.25) is 0 Å². The molecule has 1 rings (SSSR count). The molecular formula is C7H14FNO. The van der Waals surface area contributed by atoms with Gasteiger partial charge in [0.2, 0.25) is 0 Å². The highest BCUT2D eigenvalue weighted by Crippen LogP contribution is 2.55. The molecule has 1 fully saturated rings. The fourth-order valence-corrected chi connectivity index (χ4v) is 1.22. The summed E-state index contributed by atoms with van der Waals surface area (Å²) in [4.78, 5) is 4.46. The molecule has 0 saturated heterocycles. The van der Waals surface area contributed by atoms with Crippen molar-refractivity contribution in [3.63, 3.8) is 0 Å². The monoisotopic (exact) mass is 147 g/mol. The van der Waals surface area contributed by atoms with Crippen LogP contribution in [0.4, 0.5) is 4.39 Å². The quantitative estimate of drug-likeness (QED) is 0.612. The summed E-state index contributed by atoms with van der Waals surface area (Å²) in [7, 11) is 0. The summed E-state index contributed by atoms with van der Waals surface area (Å²) in [5.74, 6) is 4.88. The summed E-state index contributed by atoms with van der Waals surface area (Å²) in [5, 5.41) is 0. The van der Waals surface area contributed by atoms with Crippen LogP contribution in [0.1, 0.15) is 26.7 Å². The molecule has 0 atom stereocenters. The zero-order chi connectivity index (χ0) is 7.83. The Morgan fingerprint density at radius 2 is 2.10 bits per heavy atom. The Bertz CT molecular complexity index is 126. The molecule has 60 valence electrons. The third kappa shape index (κ3) is 1.16. The van der Waals surface area contributed by atoms with Crippen molar-refractivity contribution in [3.8, 4) is 0 Å². The van der Waals surface area contributed by atoms with Gasteiger partial charge in [0.15, 0.2) is 0 Å². The van der Waals surface area contributed by atoms with E-state index in [2.05, 4.69) is 4.84 Å². The molecule has 0 aliphatic heterocycles. The Kier molecular flexibility index (Phi) is 1.73. The summed E-state index contributed by atoms with van der Waals surface area (Å²) in [6, 6.07) is 0. The maximum Gasteiger partial charge on any atom is 0.113 e. The molecule has 1 saturated carbocycles. The minimum atomic E-state index is -1.15. The zero-order valence-corrected chi connectivity index (χ0v) is 6.48. The lowest BCUT2D eigenvalue weighted by Crippen LogP contribution is -2.32. The molecule has 0 spiro atoms. The Morgan fingerprint density at radius 1 is 1.60 bits per heavy atom. The lowest BCUT2D eigenvalue weighted by atomic mass is 9.90. The van der Waals surface area contributed by atoms with Crippen LogP contribution in [-0.2, 0) is 4.84 Å². The maximum absolute atomic E-state index is 13.3. The van der Waals surface area contributed by atoms with Gasteiger partial charge < -0.3 is 4.84 Å². The van der Waals surface area contributed by atoms with E-state index in [0.29, 0.717) is 6.61 Å². The molecule has 2 nitrogen and oxygen atoms in total. The van der Waals surface area contributed by atoms with Gasteiger partial charge in [0.1, 0.15) is 5.67 Å². The van der Waals surface area contributed by atoms with Crippen molar-refractivity contribution in [3.05, 3.63) is 0 Å². The third-order valence-electron chi connectivity index (χ3n) is 2.47.